The van der Waals surface area contributed by atoms with Crippen molar-refractivity contribution >= 4 is 18.2 Å². The van der Waals surface area contributed by atoms with Gasteiger partial charge in [0.2, 0.25) is 0 Å². The zero-order valence-electron chi connectivity index (χ0n) is 13.8. The average molecular weight is 328 g/mol. The van der Waals surface area contributed by atoms with Crippen molar-refractivity contribution in [3.63, 3.8) is 0 Å². The number of carbonyl (C=O) groups excluding carboxylic acids is 2. The van der Waals surface area contributed by atoms with Gasteiger partial charge in [-0.15, -0.1) is 0 Å². The highest BCUT2D eigenvalue weighted by Crippen LogP contribution is 2.25. The van der Waals surface area contributed by atoms with E-state index in [4.69, 9.17) is 9.47 Å². The minimum atomic E-state index is -1.51. The van der Waals surface area contributed by atoms with Crippen LogP contribution in [0.25, 0.3) is 0 Å². The van der Waals surface area contributed by atoms with Crippen LogP contribution in [0.5, 0.6) is 0 Å². The van der Waals surface area contributed by atoms with Crippen LogP contribution >= 0.6 is 0 Å². The summed E-state index contributed by atoms with van der Waals surface area (Å²) in [6, 6.07) is 0. The lowest BCUT2D eigenvalue weighted by atomic mass is 9.90. The Morgan fingerprint density at radius 3 is 2.22 bits per heavy atom. The summed E-state index contributed by atoms with van der Waals surface area (Å²) >= 11 is 0. The van der Waals surface area contributed by atoms with E-state index < -0.39 is 29.3 Å². The zero-order chi connectivity index (χ0) is 17.3. The lowest BCUT2D eigenvalue weighted by Gasteiger charge is -2.46. The molecule has 2 aliphatic rings. The van der Waals surface area contributed by atoms with Gasteiger partial charge in [0.1, 0.15) is 11.7 Å². The molecule has 2 fully saturated rings. The van der Waals surface area contributed by atoms with Gasteiger partial charge in [0.15, 0.2) is 5.54 Å². The van der Waals surface area contributed by atoms with Crippen LogP contribution in [0.15, 0.2) is 0 Å². The fraction of sp³-hybridized carbons (Fsp3) is 0.800. The molecule has 0 aromatic rings. The normalized spacial score (nSPS) is 20.6. The molecule has 1 saturated carbocycles. The van der Waals surface area contributed by atoms with Crippen molar-refractivity contribution in [2.75, 3.05) is 13.1 Å². The molecule has 23 heavy (non-hydrogen) atoms. The molecule has 0 bridgehead atoms. The number of amides is 2. The molecule has 0 atom stereocenters. The topological polar surface area (TPSA) is 105 Å². The van der Waals surface area contributed by atoms with E-state index in [0.717, 1.165) is 25.7 Å². The van der Waals surface area contributed by atoms with Crippen molar-refractivity contribution < 1.29 is 29.0 Å². The maximum atomic E-state index is 11.9. The minimum Gasteiger partial charge on any atom is -0.479 e. The SMILES string of the molecule is CC(C)(C)OC(=O)N1CC(NC(=O)OC2CCCC2)(C(=O)O)C1. The van der Waals surface area contributed by atoms with E-state index in [1.54, 1.807) is 20.8 Å². The Balaban J connectivity index is 1.88. The largest absolute Gasteiger partial charge is 0.479 e. The van der Waals surface area contributed by atoms with Crippen LogP contribution in [0.4, 0.5) is 9.59 Å². The highest BCUT2D eigenvalue weighted by molar-refractivity contribution is 5.88. The fourth-order valence-corrected chi connectivity index (χ4v) is 2.71. The van der Waals surface area contributed by atoms with Gasteiger partial charge in [-0.3, -0.25) is 0 Å². The van der Waals surface area contributed by atoms with Crippen molar-refractivity contribution in [2.45, 2.75) is 63.7 Å². The van der Waals surface area contributed by atoms with Gasteiger partial charge < -0.3 is 24.8 Å². The maximum Gasteiger partial charge on any atom is 0.410 e. The number of alkyl carbamates (subject to hydrolysis) is 1. The van der Waals surface area contributed by atoms with E-state index in [1.165, 1.54) is 4.90 Å². The molecule has 1 aliphatic carbocycles. The maximum absolute atomic E-state index is 11.9. The lowest BCUT2D eigenvalue weighted by molar-refractivity contribution is -0.151. The number of carbonyl (C=O) groups is 3. The molecule has 130 valence electrons. The van der Waals surface area contributed by atoms with Gasteiger partial charge in [-0.05, 0) is 46.5 Å². The molecule has 8 nitrogen and oxygen atoms in total. The van der Waals surface area contributed by atoms with Gasteiger partial charge in [-0.2, -0.15) is 0 Å². The number of nitrogens with one attached hydrogen (secondary N) is 1. The average Bonchev–Trinajstić information content (AvgIpc) is 2.83. The summed E-state index contributed by atoms with van der Waals surface area (Å²) in [5.41, 5.74) is -2.17. The monoisotopic (exact) mass is 328 g/mol. The molecule has 0 radical (unpaired) electrons. The Morgan fingerprint density at radius 2 is 1.74 bits per heavy atom. The third kappa shape index (κ3) is 4.27. The first-order valence-electron chi connectivity index (χ1n) is 7.81. The number of carboxylic acid groups (broad SMARTS) is 1. The number of aliphatic carboxylic acids is 1. The number of carboxylic acids is 1. The van der Waals surface area contributed by atoms with Gasteiger partial charge >= 0.3 is 18.2 Å². The lowest BCUT2D eigenvalue weighted by Crippen LogP contribution is -2.75. The molecule has 1 saturated heterocycles. The molecule has 0 spiro atoms. The summed E-state index contributed by atoms with van der Waals surface area (Å²) in [4.78, 5) is 36.5. The Hall–Kier alpha value is -1.99. The Kier molecular flexibility index (Phi) is 4.72. The number of hydrogen-bond acceptors (Lipinski definition) is 5. The Labute approximate surface area is 135 Å². The van der Waals surface area contributed by atoms with Crippen LogP contribution in [-0.2, 0) is 14.3 Å². The first-order valence-corrected chi connectivity index (χ1v) is 7.81. The molecule has 0 aromatic heterocycles. The van der Waals surface area contributed by atoms with Crippen molar-refractivity contribution in [1.29, 1.82) is 0 Å². The molecule has 1 aliphatic heterocycles. The van der Waals surface area contributed by atoms with Crippen molar-refractivity contribution in [1.82, 2.24) is 10.2 Å². The first-order chi connectivity index (χ1) is 10.6. The van der Waals surface area contributed by atoms with Crippen LogP contribution in [0, 0.1) is 0 Å². The summed E-state index contributed by atoms with van der Waals surface area (Å²) in [6.45, 7) is 4.90. The zero-order valence-corrected chi connectivity index (χ0v) is 13.8. The predicted octanol–water partition coefficient (Wildman–Crippen LogP) is 1.73. The van der Waals surface area contributed by atoms with Gasteiger partial charge in [-0.1, -0.05) is 0 Å². The Bertz CT molecular complexity index is 487. The minimum absolute atomic E-state index is 0.142. The van der Waals surface area contributed by atoms with E-state index in [2.05, 4.69) is 5.32 Å². The molecular formula is C15H24N2O6. The van der Waals surface area contributed by atoms with Crippen LogP contribution in [0.2, 0.25) is 0 Å². The molecule has 0 aromatic carbocycles. The van der Waals surface area contributed by atoms with Crippen molar-refractivity contribution in [3.8, 4) is 0 Å². The van der Waals surface area contributed by atoms with E-state index >= 15 is 0 Å². The molecular weight excluding hydrogens is 304 g/mol. The number of hydrogen-bond donors (Lipinski definition) is 2. The van der Waals surface area contributed by atoms with Gasteiger partial charge in [0.25, 0.3) is 0 Å². The quantitative estimate of drug-likeness (QED) is 0.817. The molecule has 2 N–H and O–H groups in total. The molecule has 2 rings (SSSR count). The van der Waals surface area contributed by atoms with Crippen molar-refractivity contribution in [3.05, 3.63) is 0 Å². The van der Waals surface area contributed by atoms with Crippen LogP contribution in [-0.4, -0.2) is 58.5 Å². The molecule has 0 unspecified atom stereocenters. The van der Waals surface area contributed by atoms with Gasteiger partial charge in [-0.25, -0.2) is 14.4 Å². The third-order valence-corrected chi connectivity index (χ3v) is 3.90. The van der Waals surface area contributed by atoms with E-state index in [1.807, 2.05) is 0 Å². The van der Waals surface area contributed by atoms with Crippen LogP contribution < -0.4 is 5.32 Å². The summed E-state index contributed by atoms with van der Waals surface area (Å²) in [5.74, 6) is -1.19. The van der Waals surface area contributed by atoms with E-state index in [0.29, 0.717) is 0 Å². The smallest absolute Gasteiger partial charge is 0.410 e. The fourth-order valence-electron chi connectivity index (χ4n) is 2.71. The second-order valence-corrected chi connectivity index (χ2v) is 7.16. The highest BCUT2D eigenvalue weighted by atomic mass is 16.6. The summed E-state index contributed by atoms with van der Waals surface area (Å²) < 4.78 is 10.4. The van der Waals surface area contributed by atoms with Crippen molar-refractivity contribution in [2.24, 2.45) is 0 Å². The van der Waals surface area contributed by atoms with Gasteiger partial charge in [0.05, 0.1) is 13.1 Å². The summed E-state index contributed by atoms with van der Waals surface area (Å²) in [6.07, 6.45) is 2.13. The number of ether oxygens (including phenoxy) is 2. The standard InChI is InChI=1S/C15H24N2O6/c1-14(2,3)23-13(21)17-8-15(9-17,11(18)19)16-12(20)22-10-6-4-5-7-10/h10H,4-9H2,1-3H3,(H,16,20)(H,18,19). The highest BCUT2D eigenvalue weighted by Gasteiger charge is 2.54. The number of rotatable bonds is 3. The predicted molar refractivity (Wildman–Crippen MR) is 80.0 cm³/mol. The number of nitrogens with zero attached hydrogens (tertiary/aromatic N) is 1. The van der Waals surface area contributed by atoms with Crippen LogP contribution in [0.1, 0.15) is 46.5 Å². The van der Waals surface area contributed by atoms with Gasteiger partial charge in [0, 0.05) is 0 Å². The van der Waals surface area contributed by atoms with E-state index in [9.17, 15) is 19.5 Å². The first kappa shape index (κ1) is 17.4. The molecule has 8 heteroatoms. The second kappa shape index (κ2) is 6.25. The second-order valence-electron chi connectivity index (χ2n) is 7.16. The summed E-state index contributed by atoms with van der Waals surface area (Å²) in [7, 11) is 0. The summed E-state index contributed by atoms with van der Waals surface area (Å²) in [5, 5.41) is 11.8. The molecule has 1 heterocycles. The third-order valence-electron chi connectivity index (χ3n) is 3.90. The van der Waals surface area contributed by atoms with E-state index in [-0.39, 0.29) is 19.2 Å². The van der Waals surface area contributed by atoms with Crippen LogP contribution in [0.3, 0.4) is 0 Å². The Morgan fingerprint density at radius 1 is 1.17 bits per heavy atom. The number of likely N-dealkylation sites (tertiary alicyclic amines) is 1. The molecule has 2 amide bonds.